The number of aromatic nitrogens is 3. The Morgan fingerprint density at radius 1 is 1.27 bits per heavy atom. The van der Waals surface area contributed by atoms with Crippen LogP contribution in [0.1, 0.15) is 19.3 Å². The molecule has 1 aliphatic rings. The molecule has 1 aliphatic heterocycles. The van der Waals surface area contributed by atoms with Gasteiger partial charge in [-0.3, -0.25) is 9.89 Å². The summed E-state index contributed by atoms with van der Waals surface area (Å²) in [6.45, 7) is 1.77. The van der Waals surface area contributed by atoms with E-state index in [0.717, 1.165) is 36.0 Å². The third kappa shape index (κ3) is 3.70. The molecule has 0 spiro atoms. The summed E-state index contributed by atoms with van der Waals surface area (Å²) < 4.78 is 0.965. The molecule has 0 radical (unpaired) electrons. The molecule has 0 unspecified atom stereocenters. The Bertz CT molecular complexity index is 654. The van der Waals surface area contributed by atoms with Crippen molar-refractivity contribution in [2.24, 2.45) is 0 Å². The zero-order valence-corrected chi connectivity index (χ0v) is 14.5. The highest BCUT2D eigenvalue weighted by Gasteiger charge is 2.17. The quantitative estimate of drug-likeness (QED) is 0.826. The summed E-state index contributed by atoms with van der Waals surface area (Å²) in [5.74, 6) is 1.28. The van der Waals surface area contributed by atoms with Crippen molar-refractivity contribution in [2.75, 3.05) is 18.8 Å². The number of nitrogens with one attached hydrogen (secondary N) is 1. The van der Waals surface area contributed by atoms with Gasteiger partial charge < -0.3 is 4.90 Å². The van der Waals surface area contributed by atoms with Gasteiger partial charge in [-0.1, -0.05) is 45.9 Å². The summed E-state index contributed by atoms with van der Waals surface area (Å²) in [7, 11) is 0. The summed E-state index contributed by atoms with van der Waals surface area (Å²) in [6, 6.07) is 7.84. The number of thioether (sulfide) groups is 1. The highest BCUT2D eigenvalue weighted by atomic mass is 79.9. The average Bonchev–Trinajstić information content (AvgIpc) is 3.02. The van der Waals surface area contributed by atoms with Crippen LogP contribution in [-0.2, 0) is 4.79 Å². The van der Waals surface area contributed by atoms with Gasteiger partial charge in [-0.2, -0.15) is 0 Å². The fourth-order valence-corrected chi connectivity index (χ4v) is 3.62. The van der Waals surface area contributed by atoms with Crippen LogP contribution in [0.3, 0.4) is 0 Å². The minimum atomic E-state index is 0.178. The number of halogens is 1. The number of aromatic amines is 1. The largest absolute Gasteiger partial charge is 0.342 e. The van der Waals surface area contributed by atoms with Gasteiger partial charge in [-0.25, -0.2) is 4.98 Å². The Hall–Kier alpha value is -1.34. The molecular weight excluding hydrogens is 364 g/mol. The van der Waals surface area contributed by atoms with Gasteiger partial charge in [0.2, 0.25) is 11.1 Å². The van der Waals surface area contributed by atoms with Crippen molar-refractivity contribution in [1.82, 2.24) is 20.1 Å². The van der Waals surface area contributed by atoms with E-state index in [1.807, 2.05) is 29.2 Å². The zero-order chi connectivity index (χ0) is 15.4. The predicted molar refractivity (Wildman–Crippen MR) is 90.7 cm³/mol. The SMILES string of the molecule is O=C(CSc1n[nH]c(-c2ccccc2Br)n1)N1CCCCC1. The molecule has 7 heteroatoms. The van der Waals surface area contributed by atoms with Gasteiger partial charge >= 0.3 is 0 Å². The average molecular weight is 381 g/mol. The standard InChI is InChI=1S/C15H17BrN4OS/c16-12-7-3-2-6-11(12)14-17-15(19-18-14)22-10-13(21)20-8-4-1-5-9-20/h2-3,6-7H,1,4-5,8-10H2,(H,17,18,19). The molecule has 1 aromatic heterocycles. The molecule has 0 atom stereocenters. The van der Waals surface area contributed by atoms with Crippen LogP contribution in [0.15, 0.2) is 33.9 Å². The van der Waals surface area contributed by atoms with Crippen molar-refractivity contribution in [3.05, 3.63) is 28.7 Å². The van der Waals surface area contributed by atoms with Crippen molar-refractivity contribution < 1.29 is 4.79 Å². The third-order valence-electron chi connectivity index (χ3n) is 3.63. The topological polar surface area (TPSA) is 61.9 Å². The van der Waals surface area contributed by atoms with E-state index in [4.69, 9.17) is 0 Å². The number of hydrogen-bond donors (Lipinski definition) is 1. The molecule has 3 rings (SSSR count). The number of rotatable bonds is 4. The minimum Gasteiger partial charge on any atom is -0.342 e. The smallest absolute Gasteiger partial charge is 0.233 e. The van der Waals surface area contributed by atoms with Crippen molar-refractivity contribution in [3.63, 3.8) is 0 Å². The van der Waals surface area contributed by atoms with E-state index < -0.39 is 0 Å². The number of carbonyl (C=O) groups is 1. The third-order valence-corrected chi connectivity index (χ3v) is 5.15. The molecule has 2 aromatic rings. The van der Waals surface area contributed by atoms with E-state index in [1.165, 1.54) is 18.2 Å². The fraction of sp³-hybridized carbons (Fsp3) is 0.400. The van der Waals surface area contributed by atoms with Gasteiger partial charge in [0.1, 0.15) is 0 Å². The summed E-state index contributed by atoms with van der Waals surface area (Å²) >= 11 is 4.88. The Kier molecular flexibility index (Phi) is 5.15. The number of nitrogens with zero attached hydrogens (tertiary/aromatic N) is 3. The first-order chi connectivity index (χ1) is 10.7. The molecular formula is C15H17BrN4OS. The van der Waals surface area contributed by atoms with E-state index in [9.17, 15) is 4.79 Å². The first kappa shape index (κ1) is 15.6. The number of carbonyl (C=O) groups excluding carboxylic acids is 1. The van der Waals surface area contributed by atoms with Crippen LogP contribution < -0.4 is 0 Å². The Balaban J connectivity index is 1.60. The molecule has 1 aromatic carbocycles. The number of H-pyrrole nitrogens is 1. The summed E-state index contributed by atoms with van der Waals surface area (Å²) in [4.78, 5) is 18.5. The van der Waals surface area contributed by atoms with Crippen molar-refractivity contribution in [3.8, 4) is 11.4 Å². The van der Waals surface area contributed by atoms with Gasteiger partial charge in [0, 0.05) is 23.1 Å². The van der Waals surface area contributed by atoms with Gasteiger partial charge in [-0.05, 0) is 25.3 Å². The van der Waals surface area contributed by atoms with E-state index >= 15 is 0 Å². The number of hydrogen-bond acceptors (Lipinski definition) is 4. The minimum absolute atomic E-state index is 0.178. The lowest BCUT2D eigenvalue weighted by atomic mass is 10.1. The Morgan fingerprint density at radius 3 is 2.82 bits per heavy atom. The number of amides is 1. The molecule has 0 bridgehead atoms. The van der Waals surface area contributed by atoms with Crippen LogP contribution in [0.25, 0.3) is 11.4 Å². The van der Waals surface area contributed by atoms with Gasteiger partial charge in [0.05, 0.1) is 5.75 Å². The highest BCUT2D eigenvalue weighted by Crippen LogP contribution is 2.26. The highest BCUT2D eigenvalue weighted by molar-refractivity contribution is 9.10. The maximum atomic E-state index is 12.1. The lowest BCUT2D eigenvalue weighted by molar-refractivity contribution is -0.129. The van der Waals surface area contributed by atoms with Gasteiger partial charge in [0.15, 0.2) is 5.82 Å². The normalized spacial score (nSPS) is 15.0. The van der Waals surface area contributed by atoms with Gasteiger partial charge in [-0.15, -0.1) is 5.10 Å². The van der Waals surface area contributed by atoms with Crippen LogP contribution in [0, 0.1) is 0 Å². The summed E-state index contributed by atoms with van der Waals surface area (Å²) in [5, 5.41) is 7.72. The molecule has 22 heavy (non-hydrogen) atoms. The monoisotopic (exact) mass is 380 g/mol. The number of benzene rings is 1. The summed E-state index contributed by atoms with van der Waals surface area (Å²) in [5.41, 5.74) is 0.962. The molecule has 0 aliphatic carbocycles. The van der Waals surface area contributed by atoms with Crippen molar-refractivity contribution in [2.45, 2.75) is 24.4 Å². The second kappa shape index (κ2) is 7.28. The first-order valence-corrected chi connectivity index (χ1v) is 9.10. The molecule has 116 valence electrons. The zero-order valence-electron chi connectivity index (χ0n) is 12.1. The lowest BCUT2D eigenvalue weighted by Crippen LogP contribution is -2.36. The van der Waals surface area contributed by atoms with Crippen LogP contribution in [-0.4, -0.2) is 44.8 Å². The van der Waals surface area contributed by atoms with E-state index in [2.05, 4.69) is 31.1 Å². The second-order valence-electron chi connectivity index (χ2n) is 5.18. The second-order valence-corrected chi connectivity index (χ2v) is 6.97. The molecule has 5 nitrogen and oxygen atoms in total. The molecule has 0 saturated carbocycles. The molecule has 2 heterocycles. The molecule has 1 N–H and O–H groups in total. The molecule has 1 fully saturated rings. The number of piperidine rings is 1. The first-order valence-electron chi connectivity index (χ1n) is 7.32. The van der Waals surface area contributed by atoms with Gasteiger partial charge in [0.25, 0.3) is 0 Å². The van der Waals surface area contributed by atoms with Crippen molar-refractivity contribution in [1.29, 1.82) is 0 Å². The molecule has 1 amide bonds. The lowest BCUT2D eigenvalue weighted by Gasteiger charge is -2.26. The van der Waals surface area contributed by atoms with Crippen LogP contribution in [0.4, 0.5) is 0 Å². The van der Waals surface area contributed by atoms with E-state index in [1.54, 1.807) is 0 Å². The maximum Gasteiger partial charge on any atom is 0.233 e. The van der Waals surface area contributed by atoms with Crippen molar-refractivity contribution >= 4 is 33.6 Å². The Labute approximate surface area is 142 Å². The van der Waals surface area contributed by atoms with Crippen LogP contribution in [0.2, 0.25) is 0 Å². The van der Waals surface area contributed by atoms with Crippen LogP contribution >= 0.6 is 27.7 Å². The maximum absolute atomic E-state index is 12.1. The Morgan fingerprint density at radius 2 is 2.05 bits per heavy atom. The molecule has 1 saturated heterocycles. The van der Waals surface area contributed by atoms with Crippen LogP contribution in [0.5, 0.6) is 0 Å². The van der Waals surface area contributed by atoms with E-state index in [0.29, 0.717) is 16.7 Å². The predicted octanol–water partition coefficient (Wildman–Crippen LogP) is 3.34. The van der Waals surface area contributed by atoms with E-state index in [-0.39, 0.29) is 5.91 Å². The number of likely N-dealkylation sites (tertiary alicyclic amines) is 1. The fourth-order valence-electron chi connectivity index (χ4n) is 2.45. The summed E-state index contributed by atoms with van der Waals surface area (Å²) in [6.07, 6.45) is 3.46.